The summed E-state index contributed by atoms with van der Waals surface area (Å²) >= 11 is 0. The topological polar surface area (TPSA) is 92.2 Å². The molecular formula is C10H13ClO4Pd. The van der Waals surface area contributed by atoms with Crippen molar-refractivity contribution in [1.82, 2.24) is 0 Å². The number of hydrogen-bond donors (Lipinski definition) is 0. The SMILES string of the molecule is C1=CC2C=CC1C2.C=C[CH2-].[O-][Cl+3]([O-])([O-])[O-].[Pd+2]. The van der Waals surface area contributed by atoms with E-state index < -0.39 is 10.2 Å². The van der Waals surface area contributed by atoms with Gasteiger partial charge in [0.05, 0.1) is 0 Å². The van der Waals surface area contributed by atoms with Gasteiger partial charge in [-0.25, -0.2) is 38.2 Å². The summed E-state index contributed by atoms with van der Waals surface area (Å²) < 4.78 is 34.0. The number of hydrogen-bond acceptors (Lipinski definition) is 4. The number of allylic oxidation sites excluding steroid dienone is 5. The molecule has 0 spiro atoms. The van der Waals surface area contributed by atoms with Crippen LogP contribution in [0.15, 0.2) is 37.0 Å². The molecule has 0 heterocycles. The van der Waals surface area contributed by atoms with Gasteiger partial charge in [0.2, 0.25) is 0 Å². The Morgan fingerprint density at radius 1 is 1.06 bits per heavy atom. The largest absolute Gasteiger partial charge is 2.00 e. The molecule has 0 aromatic carbocycles. The molecule has 0 saturated heterocycles. The maximum Gasteiger partial charge on any atom is 2.00 e. The summed E-state index contributed by atoms with van der Waals surface area (Å²) in [5.41, 5.74) is 0. The molecule has 94 valence electrons. The molecule has 0 aliphatic heterocycles. The smallest absolute Gasteiger partial charge is 0.245 e. The molecule has 0 atom stereocenters. The maximum absolute atomic E-state index is 8.49. The van der Waals surface area contributed by atoms with Crippen LogP contribution in [0.25, 0.3) is 0 Å². The van der Waals surface area contributed by atoms with Gasteiger partial charge in [-0.2, -0.15) is 0 Å². The molecule has 0 N–H and O–H groups in total. The van der Waals surface area contributed by atoms with E-state index in [1.54, 1.807) is 0 Å². The summed E-state index contributed by atoms with van der Waals surface area (Å²) in [6.07, 6.45) is 12.0. The minimum atomic E-state index is -4.94. The first-order valence-electron chi connectivity index (χ1n) is 4.25. The van der Waals surface area contributed by atoms with Crippen molar-refractivity contribution in [3.05, 3.63) is 43.9 Å². The zero-order valence-corrected chi connectivity index (χ0v) is 10.8. The number of fused-ring (bicyclic) bond motifs is 2. The van der Waals surface area contributed by atoms with Crippen molar-refractivity contribution in [2.75, 3.05) is 0 Å². The normalized spacial score (nSPS) is 23.5. The average molecular weight is 339 g/mol. The van der Waals surface area contributed by atoms with Crippen LogP contribution in [0.4, 0.5) is 0 Å². The Kier molecular flexibility index (Phi) is 10.2. The van der Waals surface area contributed by atoms with Gasteiger partial charge < -0.3 is 0 Å². The summed E-state index contributed by atoms with van der Waals surface area (Å²) in [6, 6.07) is 0. The van der Waals surface area contributed by atoms with Gasteiger partial charge in [0.25, 0.3) is 0 Å². The first-order valence-corrected chi connectivity index (χ1v) is 5.48. The molecule has 0 fully saturated rings. The molecule has 0 amide bonds. The van der Waals surface area contributed by atoms with E-state index in [9.17, 15) is 0 Å². The average Bonchev–Trinajstić information content (AvgIpc) is 2.63. The molecule has 16 heavy (non-hydrogen) atoms. The third-order valence-corrected chi connectivity index (χ3v) is 1.76. The van der Waals surface area contributed by atoms with Gasteiger partial charge in [-0.1, -0.05) is 24.3 Å². The van der Waals surface area contributed by atoms with Crippen molar-refractivity contribution >= 4 is 0 Å². The summed E-state index contributed by atoms with van der Waals surface area (Å²) in [5, 5.41) is 0. The predicted molar refractivity (Wildman–Crippen MR) is 45.4 cm³/mol. The van der Waals surface area contributed by atoms with Gasteiger partial charge >= 0.3 is 20.4 Å². The third-order valence-electron chi connectivity index (χ3n) is 1.76. The molecule has 2 aliphatic carbocycles. The van der Waals surface area contributed by atoms with Gasteiger partial charge in [-0.05, 0) is 18.3 Å². The quantitative estimate of drug-likeness (QED) is 0.290. The van der Waals surface area contributed by atoms with Crippen LogP contribution in [0.5, 0.6) is 0 Å². The fourth-order valence-corrected chi connectivity index (χ4v) is 1.33. The van der Waals surface area contributed by atoms with E-state index in [0.717, 1.165) is 11.8 Å². The van der Waals surface area contributed by atoms with E-state index in [2.05, 4.69) is 37.8 Å². The molecule has 4 nitrogen and oxygen atoms in total. The van der Waals surface area contributed by atoms with Gasteiger partial charge in [-0.15, -0.1) is 10.2 Å². The Hall–Kier alpha value is -0.118. The monoisotopic (exact) mass is 338 g/mol. The molecular weight excluding hydrogens is 326 g/mol. The standard InChI is InChI=1S/C7H8.C3H5.ClHO4.Pd/c1-2-7-4-3-6(1)5-7;1-3-2;2-1(3,4)5;/h1-4,6-7H,5H2;3H,1-2H2;(H,2,3,4,5);/q;-1;;+2/p-1. The van der Waals surface area contributed by atoms with E-state index in [-0.39, 0.29) is 20.4 Å². The van der Waals surface area contributed by atoms with E-state index in [0.29, 0.717) is 0 Å². The molecule has 0 aromatic rings. The van der Waals surface area contributed by atoms with Gasteiger partial charge in [0.15, 0.2) is 0 Å². The van der Waals surface area contributed by atoms with Crippen molar-refractivity contribution < 1.29 is 49.3 Å². The zero-order chi connectivity index (χ0) is 11.9. The first kappa shape index (κ1) is 18.3. The predicted octanol–water partition coefficient (Wildman–Crippen LogP) is -2.00. The van der Waals surface area contributed by atoms with Crippen molar-refractivity contribution in [2.45, 2.75) is 6.42 Å². The second kappa shape index (κ2) is 8.97. The molecule has 0 unspecified atom stereocenters. The second-order valence-corrected chi connectivity index (χ2v) is 3.76. The van der Waals surface area contributed by atoms with Crippen molar-refractivity contribution in [2.24, 2.45) is 11.8 Å². The molecule has 6 heteroatoms. The molecule has 0 radical (unpaired) electrons. The van der Waals surface area contributed by atoms with E-state index in [4.69, 9.17) is 18.6 Å². The van der Waals surface area contributed by atoms with Gasteiger partial charge in [0, 0.05) is 0 Å². The Morgan fingerprint density at radius 2 is 1.25 bits per heavy atom. The van der Waals surface area contributed by atoms with Crippen molar-refractivity contribution in [3.8, 4) is 0 Å². The van der Waals surface area contributed by atoms with Gasteiger partial charge in [0.1, 0.15) is 0 Å². The van der Waals surface area contributed by atoms with Crippen LogP contribution in [-0.2, 0) is 20.4 Å². The fraction of sp³-hybridized carbons (Fsp3) is 0.300. The van der Waals surface area contributed by atoms with Gasteiger partial charge in [-0.3, -0.25) is 0 Å². The Bertz CT molecular complexity index is 214. The van der Waals surface area contributed by atoms with Crippen LogP contribution < -0.4 is 18.6 Å². The van der Waals surface area contributed by atoms with Crippen LogP contribution in [0, 0.1) is 29.0 Å². The van der Waals surface area contributed by atoms with E-state index in [1.165, 1.54) is 12.5 Å². The summed E-state index contributed by atoms with van der Waals surface area (Å²) in [5.74, 6) is 1.62. The summed E-state index contributed by atoms with van der Waals surface area (Å²) in [4.78, 5) is 0. The molecule has 2 aliphatic rings. The number of rotatable bonds is 0. The van der Waals surface area contributed by atoms with Crippen LogP contribution in [0.2, 0.25) is 0 Å². The Labute approximate surface area is 111 Å². The minimum Gasteiger partial charge on any atom is -0.245 e. The molecule has 2 bridgehead atoms. The first-order chi connectivity index (χ1) is 6.86. The Balaban J connectivity index is 0. The molecule has 0 aromatic heterocycles. The summed E-state index contributed by atoms with van der Waals surface area (Å²) in [7, 11) is -4.94. The van der Waals surface area contributed by atoms with Crippen LogP contribution in [0.1, 0.15) is 6.42 Å². The number of halogens is 1. The minimum absolute atomic E-state index is 0. The van der Waals surface area contributed by atoms with Crippen molar-refractivity contribution in [1.29, 1.82) is 0 Å². The van der Waals surface area contributed by atoms with Crippen LogP contribution in [0.3, 0.4) is 0 Å². The zero-order valence-electron chi connectivity index (χ0n) is 8.49. The second-order valence-electron chi connectivity index (χ2n) is 3.00. The van der Waals surface area contributed by atoms with Crippen molar-refractivity contribution in [3.63, 3.8) is 0 Å². The molecule has 0 saturated carbocycles. The molecule has 2 rings (SSSR count). The fourth-order valence-electron chi connectivity index (χ4n) is 1.33. The van der Waals surface area contributed by atoms with Crippen LogP contribution >= 0.6 is 0 Å². The van der Waals surface area contributed by atoms with Crippen LogP contribution in [-0.4, -0.2) is 0 Å². The summed E-state index contributed by atoms with van der Waals surface area (Å²) in [6.45, 7) is 6.50. The van der Waals surface area contributed by atoms with E-state index >= 15 is 0 Å². The maximum atomic E-state index is 8.49. The third kappa shape index (κ3) is 12.0. The van der Waals surface area contributed by atoms with E-state index in [1.807, 2.05) is 0 Å². The Morgan fingerprint density at radius 3 is 1.31 bits per heavy atom.